The van der Waals surface area contributed by atoms with Crippen LogP contribution in [0.1, 0.15) is 17.2 Å². The predicted molar refractivity (Wildman–Crippen MR) is 87.7 cm³/mol. The van der Waals surface area contributed by atoms with Gasteiger partial charge in [0.05, 0.1) is 13.2 Å². The lowest BCUT2D eigenvalue weighted by molar-refractivity contribution is 0.414. The van der Waals surface area contributed by atoms with Crippen LogP contribution in [0, 0.1) is 0 Å². The van der Waals surface area contributed by atoms with E-state index in [2.05, 4.69) is 54.0 Å². The lowest BCUT2D eigenvalue weighted by Gasteiger charge is -2.20. The van der Waals surface area contributed by atoms with E-state index in [1.165, 1.54) is 11.1 Å². The summed E-state index contributed by atoms with van der Waals surface area (Å²) < 4.78 is 5.23. The highest BCUT2D eigenvalue weighted by molar-refractivity contribution is 7.98. The maximum absolute atomic E-state index is 5.23. The molecule has 0 saturated carbocycles. The summed E-state index contributed by atoms with van der Waals surface area (Å²) in [7, 11) is 1.69. The Morgan fingerprint density at radius 2 is 1.65 bits per heavy atom. The van der Waals surface area contributed by atoms with E-state index >= 15 is 0 Å². The van der Waals surface area contributed by atoms with Gasteiger partial charge in [0, 0.05) is 12.3 Å². The fourth-order valence-corrected chi connectivity index (χ4v) is 2.50. The Balaban J connectivity index is 2.20. The molecule has 2 aromatic carbocycles. The Hall–Kier alpha value is -1.45. The largest absolute Gasteiger partial charge is 0.497 e. The van der Waals surface area contributed by atoms with E-state index in [0.29, 0.717) is 0 Å². The summed E-state index contributed by atoms with van der Waals surface area (Å²) in [6.45, 7) is 0.993. The molecule has 0 aromatic heterocycles. The molecule has 0 bridgehead atoms. The molecule has 2 rings (SSSR count). The minimum atomic E-state index is 0.231. The van der Waals surface area contributed by atoms with E-state index in [0.717, 1.165) is 18.0 Å². The number of rotatable bonds is 7. The first-order chi connectivity index (χ1) is 9.85. The molecule has 0 aliphatic heterocycles. The summed E-state index contributed by atoms with van der Waals surface area (Å²) in [6, 6.07) is 19.1. The summed E-state index contributed by atoms with van der Waals surface area (Å²) in [5.41, 5.74) is 2.55. The van der Waals surface area contributed by atoms with Crippen LogP contribution in [-0.4, -0.2) is 25.7 Å². The average molecular weight is 287 g/mol. The molecule has 0 aliphatic carbocycles. The third kappa shape index (κ3) is 4.02. The van der Waals surface area contributed by atoms with Gasteiger partial charge in [-0.3, -0.25) is 0 Å². The van der Waals surface area contributed by atoms with Crippen LogP contribution in [0.4, 0.5) is 0 Å². The van der Waals surface area contributed by atoms with Crippen LogP contribution < -0.4 is 10.1 Å². The molecule has 0 spiro atoms. The van der Waals surface area contributed by atoms with Gasteiger partial charge in [-0.05, 0) is 29.5 Å². The van der Waals surface area contributed by atoms with Gasteiger partial charge in [-0.1, -0.05) is 42.5 Å². The van der Waals surface area contributed by atoms with Crippen molar-refractivity contribution in [3.05, 3.63) is 65.7 Å². The molecule has 2 aromatic rings. The standard InChI is InChI=1S/C17H21NOS/c1-19-16-10-8-15(9-11-16)17(18-12-13-20-2)14-6-4-3-5-7-14/h3-11,17-18H,12-13H2,1-2H3. The molecule has 3 heteroatoms. The van der Waals surface area contributed by atoms with Crippen molar-refractivity contribution < 1.29 is 4.74 Å². The number of methoxy groups -OCH3 is 1. The lowest BCUT2D eigenvalue weighted by atomic mass is 9.98. The van der Waals surface area contributed by atoms with Crippen LogP contribution >= 0.6 is 11.8 Å². The lowest BCUT2D eigenvalue weighted by Crippen LogP contribution is -2.24. The number of nitrogens with one attached hydrogen (secondary N) is 1. The molecule has 0 radical (unpaired) electrons. The Bertz CT molecular complexity index is 498. The van der Waals surface area contributed by atoms with E-state index in [9.17, 15) is 0 Å². The molecule has 1 unspecified atom stereocenters. The molecular formula is C17H21NOS. The second-order valence-corrected chi connectivity index (χ2v) is 5.55. The van der Waals surface area contributed by atoms with Gasteiger partial charge in [0.1, 0.15) is 5.75 Å². The zero-order valence-electron chi connectivity index (χ0n) is 12.0. The molecule has 0 fully saturated rings. The molecule has 1 N–H and O–H groups in total. The smallest absolute Gasteiger partial charge is 0.118 e. The fraction of sp³-hybridized carbons (Fsp3) is 0.294. The average Bonchev–Trinajstić information content (AvgIpc) is 2.53. The van der Waals surface area contributed by atoms with Crippen molar-refractivity contribution in [3.63, 3.8) is 0 Å². The summed E-state index contributed by atoms with van der Waals surface area (Å²) in [6.07, 6.45) is 2.13. The maximum Gasteiger partial charge on any atom is 0.118 e. The van der Waals surface area contributed by atoms with E-state index in [4.69, 9.17) is 4.74 Å². The van der Waals surface area contributed by atoms with Crippen molar-refractivity contribution in [1.29, 1.82) is 0 Å². The van der Waals surface area contributed by atoms with Crippen molar-refractivity contribution >= 4 is 11.8 Å². The SMILES string of the molecule is COc1ccc(C(NCCSC)c2ccccc2)cc1. The molecule has 106 valence electrons. The summed E-state index contributed by atoms with van der Waals surface area (Å²) in [5, 5.41) is 3.63. The molecule has 0 aliphatic rings. The van der Waals surface area contributed by atoms with Gasteiger partial charge in [-0.15, -0.1) is 0 Å². The Morgan fingerprint density at radius 1 is 1.00 bits per heavy atom. The number of benzene rings is 2. The van der Waals surface area contributed by atoms with E-state index in [1.807, 2.05) is 23.9 Å². The fourth-order valence-electron chi connectivity index (χ4n) is 2.18. The third-order valence-electron chi connectivity index (χ3n) is 3.24. The van der Waals surface area contributed by atoms with Crippen LogP contribution in [0.2, 0.25) is 0 Å². The summed E-state index contributed by atoms with van der Waals surface area (Å²) >= 11 is 1.86. The highest BCUT2D eigenvalue weighted by Crippen LogP contribution is 2.24. The van der Waals surface area contributed by atoms with Gasteiger partial charge in [0.25, 0.3) is 0 Å². The molecule has 20 heavy (non-hydrogen) atoms. The molecule has 0 heterocycles. The number of hydrogen-bond acceptors (Lipinski definition) is 3. The number of ether oxygens (including phenoxy) is 1. The summed E-state index contributed by atoms with van der Waals surface area (Å²) in [4.78, 5) is 0. The maximum atomic E-state index is 5.23. The zero-order valence-corrected chi connectivity index (χ0v) is 12.8. The third-order valence-corrected chi connectivity index (χ3v) is 3.85. The second kappa shape index (κ2) is 7.98. The van der Waals surface area contributed by atoms with Crippen LogP contribution in [0.5, 0.6) is 5.75 Å². The molecular weight excluding hydrogens is 266 g/mol. The first-order valence-corrected chi connectivity index (χ1v) is 8.15. The van der Waals surface area contributed by atoms with Gasteiger partial charge >= 0.3 is 0 Å². The monoisotopic (exact) mass is 287 g/mol. The molecule has 0 amide bonds. The van der Waals surface area contributed by atoms with E-state index in [1.54, 1.807) is 7.11 Å². The van der Waals surface area contributed by atoms with Gasteiger partial charge in [-0.2, -0.15) is 11.8 Å². The quantitative estimate of drug-likeness (QED) is 0.784. The van der Waals surface area contributed by atoms with Gasteiger partial charge < -0.3 is 10.1 Å². The van der Waals surface area contributed by atoms with Crippen LogP contribution in [-0.2, 0) is 0 Å². The first-order valence-electron chi connectivity index (χ1n) is 6.76. The Kier molecular flexibility index (Phi) is 5.96. The van der Waals surface area contributed by atoms with Crippen LogP contribution in [0.15, 0.2) is 54.6 Å². The van der Waals surface area contributed by atoms with Crippen molar-refractivity contribution in [1.82, 2.24) is 5.32 Å². The number of thioether (sulfide) groups is 1. The minimum absolute atomic E-state index is 0.231. The normalized spacial score (nSPS) is 12.1. The van der Waals surface area contributed by atoms with E-state index in [-0.39, 0.29) is 6.04 Å². The van der Waals surface area contributed by atoms with Crippen molar-refractivity contribution in [3.8, 4) is 5.75 Å². The predicted octanol–water partition coefficient (Wildman–Crippen LogP) is 3.74. The van der Waals surface area contributed by atoms with Crippen molar-refractivity contribution in [2.75, 3.05) is 25.7 Å². The Labute approximate surface area is 125 Å². The van der Waals surface area contributed by atoms with Gasteiger partial charge in [0.15, 0.2) is 0 Å². The molecule has 0 saturated heterocycles. The van der Waals surface area contributed by atoms with Crippen molar-refractivity contribution in [2.45, 2.75) is 6.04 Å². The van der Waals surface area contributed by atoms with Gasteiger partial charge in [-0.25, -0.2) is 0 Å². The first kappa shape index (κ1) is 14.9. The molecule has 2 nitrogen and oxygen atoms in total. The Morgan fingerprint density at radius 3 is 2.25 bits per heavy atom. The highest BCUT2D eigenvalue weighted by atomic mass is 32.2. The molecule has 1 atom stereocenters. The topological polar surface area (TPSA) is 21.3 Å². The second-order valence-electron chi connectivity index (χ2n) is 4.56. The highest BCUT2D eigenvalue weighted by Gasteiger charge is 2.12. The van der Waals surface area contributed by atoms with Gasteiger partial charge in [0.2, 0.25) is 0 Å². The minimum Gasteiger partial charge on any atom is -0.497 e. The number of hydrogen-bond donors (Lipinski definition) is 1. The summed E-state index contributed by atoms with van der Waals surface area (Å²) in [5.74, 6) is 2.00. The van der Waals surface area contributed by atoms with Crippen molar-refractivity contribution in [2.24, 2.45) is 0 Å². The van der Waals surface area contributed by atoms with E-state index < -0.39 is 0 Å². The van der Waals surface area contributed by atoms with Crippen LogP contribution in [0.3, 0.4) is 0 Å². The van der Waals surface area contributed by atoms with Crippen LogP contribution in [0.25, 0.3) is 0 Å². The zero-order chi connectivity index (χ0) is 14.2.